The summed E-state index contributed by atoms with van der Waals surface area (Å²) in [6.45, 7) is 6.49. The van der Waals surface area contributed by atoms with Crippen molar-refractivity contribution in [2.45, 2.75) is 58.4 Å². The molecule has 1 atom stereocenters. The molecule has 1 aromatic rings. The molecule has 6 heteroatoms. The largest absolute Gasteiger partial charge is 0.381 e. The highest BCUT2D eigenvalue weighted by atomic mass is 16.5. The van der Waals surface area contributed by atoms with Crippen molar-refractivity contribution in [3.63, 3.8) is 0 Å². The van der Waals surface area contributed by atoms with E-state index in [1.165, 1.54) is 12.8 Å². The fourth-order valence-electron chi connectivity index (χ4n) is 5.39. The molecule has 1 aromatic carbocycles. The van der Waals surface area contributed by atoms with E-state index in [0.717, 1.165) is 42.5 Å². The van der Waals surface area contributed by atoms with Gasteiger partial charge in [-0.1, -0.05) is 18.9 Å². The third-order valence-electron chi connectivity index (χ3n) is 6.91. The first-order valence-corrected chi connectivity index (χ1v) is 11.0. The van der Waals surface area contributed by atoms with Crippen LogP contribution in [0.4, 0.5) is 10.5 Å². The van der Waals surface area contributed by atoms with Gasteiger partial charge in [-0.2, -0.15) is 0 Å². The van der Waals surface area contributed by atoms with Crippen LogP contribution >= 0.6 is 0 Å². The highest BCUT2D eigenvalue weighted by molar-refractivity contribution is 5.91. The molecule has 2 heterocycles. The number of aryl methyl sites for hydroxylation is 2. The summed E-state index contributed by atoms with van der Waals surface area (Å²) in [5.41, 5.74) is 2.89. The van der Waals surface area contributed by atoms with Gasteiger partial charge in [0.25, 0.3) is 0 Å². The maximum atomic E-state index is 13.2. The van der Waals surface area contributed by atoms with Crippen LogP contribution in [-0.2, 0) is 9.53 Å². The molecule has 29 heavy (non-hydrogen) atoms. The van der Waals surface area contributed by atoms with Crippen molar-refractivity contribution in [2.24, 2.45) is 11.3 Å². The van der Waals surface area contributed by atoms with E-state index in [4.69, 9.17) is 4.74 Å². The quantitative estimate of drug-likeness (QED) is 0.815. The number of likely N-dealkylation sites (tertiary alicyclic amines) is 1. The van der Waals surface area contributed by atoms with Crippen molar-refractivity contribution in [1.29, 1.82) is 0 Å². The van der Waals surface area contributed by atoms with Crippen molar-refractivity contribution < 1.29 is 14.3 Å². The lowest BCUT2D eigenvalue weighted by molar-refractivity contribution is -0.130. The average molecular weight is 400 g/mol. The van der Waals surface area contributed by atoms with Crippen LogP contribution in [0.15, 0.2) is 18.2 Å². The zero-order chi connectivity index (χ0) is 20.4. The van der Waals surface area contributed by atoms with Gasteiger partial charge in [0.2, 0.25) is 5.91 Å². The van der Waals surface area contributed by atoms with Crippen LogP contribution in [-0.4, -0.2) is 49.2 Å². The Labute approximate surface area is 173 Å². The molecule has 0 radical (unpaired) electrons. The third kappa shape index (κ3) is 4.42. The number of amides is 3. The minimum atomic E-state index is -0.166. The lowest BCUT2D eigenvalue weighted by Gasteiger charge is -2.37. The Morgan fingerprint density at radius 3 is 2.38 bits per heavy atom. The molecular formula is C23H33N3O3. The molecule has 0 bridgehead atoms. The average Bonchev–Trinajstić information content (AvgIpc) is 3.30. The fourth-order valence-corrected chi connectivity index (χ4v) is 5.39. The number of rotatable bonds is 3. The second-order valence-corrected chi connectivity index (χ2v) is 9.20. The molecule has 4 rings (SSSR count). The molecule has 3 fully saturated rings. The Morgan fingerprint density at radius 1 is 1.07 bits per heavy atom. The maximum absolute atomic E-state index is 13.2. The van der Waals surface area contributed by atoms with Crippen molar-refractivity contribution >= 4 is 17.6 Å². The minimum absolute atomic E-state index is 0.114. The topological polar surface area (TPSA) is 70.7 Å². The second kappa shape index (κ2) is 8.34. The van der Waals surface area contributed by atoms with E-state index in [9.17, 15) is 9.59 Å². The normalized spacial score (nSPS) is 24.1. The van der Waals surface area contributed by atoms with Crippen molar-refractivity contribution in [3.8, 4) is 0 Å². The summed E-state index contributed by atoms with van der Waals surface area (Å²) in [6, 6.07) is 6.24. The molecule has 1 saturated carbocycles. The summed E-state index contributed by atoms with van der Waals surface area (Å²) in [5, 5.41) is 6.32. The number of anilines is 1. The molecule has 0 aromatic heterocycles. The third-order valence-corrected chi connectivity index (χ3v) is 6.91. The van der Waals surface area contributed by atoms with Gasteiger partial charge in [0.05, 0.1) is 5.92 Å². The molecule has 6 nitrogen and oxygen atoms in total. The highest BCUT2D eigenvalue weighted by Crippen LogP contribution is 2.44. The van der Waals surface area contributed by atoms with Gasteiger partial charge >= 0.3 is 6.03 Å². The summed E-state index contributed by atoms with van der Waals surface area (Å²) in [7, 11) is 0. The number of ether oxygens (including phenoxy) is 1. The smallest absolute Gasteiger partial charge is 0.321 e. The molecule has 1 aliphatic carbocycles. The number of carbonyl (C=O) groups excluding carboxylic acids is 2. The van der Waals surface area contributed by atoms with Crippen molar-refractivity contribution in [1.82, 2.24) is 10.2 Å². The van der Waals surface area contributed by atoms with Crippen LogP contribution < -0.4 is 10.6 Å². The van der Waals surface area contributed by atoms with Crippen LogP contribution in [0.5, 0.6) is 0 Å². The number of carbonyl (C=O) groups is 2. The molecule has 2 N–H and O–H groups in total. The van der Waals surface area contributed by atoms with Crippen LogP contribution in [0.25, 0.3) is 0 Å². The summed E-state index contributed by atoms with van der Waals surface area (Å²) in [5.74, 6) is -0.0301. The number of urea groups is 1. The first-order chi connectivity index (χ1) is 13.9. The van der Waals surface area contributed by atoms with Crippen LogP contribution in [0.2, 0.25) is 0 Å². The SMILES string of the molecule is Cc1cc(C)cc(NC(=O)N2CC(C(=O)NC3CCCC3)C3(CCOCC3)C2)c1. The number of hydrogen-bond acceptors (Lipinski definition) is 3. The van der Waals surface area contributed by atoms with Crippen LogP contribution in [0, 0.1) is 25.2 Å². The zero-order valence-corrected chi connectivity index (χ0v) is 17.6. The number of benzene rings is 1. The molecule has 1 unspecified atom stereocenters. The van der Waals surface area contributed by atoms with Gasteiger partial charge in [-0.25, -0.2) is 4.79 Å². The monoisotopic (exact) mass is 399 g/mol. The minimum Gasteiger partial charge on any atom is -0.381 e. The molecular weight excluding hydrogens is 366 g/mol. The van der Waals surface area contributed by atoms with E-state index in [0.29, 0.717) is 32.3 Å². The first kappa shape index (κ1) is 20.2. The van der Waals surface area contributed by atoms with Gasteiger partial charge in [-0.3, -0.25) is 4.79 Å². The number of nitrogens with zero attached hydrogens (tertiary/aromatic N) is 1. The lowest BCUT2D eigenvalue weighted by atomic mass is 9.71. The van der Waals surface area contributed by atoms with E-state index < -0.39 is 0 Å². The fraction of sp³-hybridized carbons (Fsp3) is 0.652. The van der Waals surface area contributed by atoms with E-state index in [-0.39, 0.29) is 23.3 Å². The van der Waals surface area contributed by atoms with Crippen LogP contribution in [0.1, 0.15) is 49.7 Å². The van der Waals surface area contributed by atoms with E-state index in [1.807, 2.05) is 30.9 Å². The predicted octanol–water partition coefficient (Wildman–Crippen LogP) is 3.62. The van der Waals surface area contributed by atoms with Crippen molar-refractivity contribution in [3.05, 3.63) is 29.3 Å². The van der Waals surface area contributed by atoms with Crippen LogP contribution in [0.3, 0.4) is 0 Å². The maximum Gasteiger partial charge on any atom is 0.321 e. The number of hydrogen-bond donors (Lipinski definition) is 2. The molecule has 1 spiro atoms. The van der Waals surface area contributed by atoms with Crippen molar-refractivity contribution in [2.75, 3.05) is 31.6 Å². The summed E-state index contributed by atoms with van der Waals surface area (Å²) in [4.78, 5) is 28.0. The highest BCUT2D eigenvalue weighted by Gasteiger charge is 2.52. The number of nitrogens with one attached hydrogen (secondary N) is 2. The van der Waals surface area contributed by atoms with Gasteiger partial charge < -0.3 is 20.3 Å². The Morgan fingerprint density at radius 2 is 1.72 bits per heavy atom. The Kier molecular flexibility index (Phi) is 5.81. The Bertz CT molecular complexity index is 746. The van der Waals surface area contributed by atoms with E-state index in [2.05, 4.69) is 16.7 Å². The molecule has 2 aliphatic heterocycles. The van der Waals surface area contributed by atoms with Gasteiger partial charge in [0, 0.05) is 43.4 Å². The lowest BCUT2D eigenvalue weighted by Crippen LogP contribution is -2.46. The van der Waals surface area contributed by atoms with E-state index in [1.54, 1.807) is 0 Å². The van der Waals surface area contributed by atoms with Gasteiger partial charge in [0.15, 0.2) is 0 Å². The predicted molar refractivity (Wildman–Crippen MR) is 113 cm³/mol. The molecule has 3 amide bonds. The standard InChI is InChI=1S/C23H33N3O3/c1-16-11-17(2)13-19(12-16)25-22(28)26-14-20(21(27)24-18-5-3-4-6-18)23(15-26)7-9-29-10-8-23/h11-13,18,20H,3-10,14-15H2,1-2H3,(H,24,27)(H,25,28). The molecule has 158 valence electrons. The van der Waals surface area contributed by atoms with Gasteiger partial charge in [-0.15, -0.1) is 0 Å². The molecule has 2 saturated heterocycles. The zero-order valence-electron chi connectivity index (χ0n) is 17.6. The Hall–Kier alpha value is -2.08. The summed E-state index contributed by atoms with van der Waals surface area (Å²) < 4.78 is 5.58. The van der Waals surface area contributed by atoms with E-state index >= 15 is 0 Å². The Balaban J connectivity index is 1.48. The van der Waals surface area contributed by atoms with Gasteiger partial charge in [-0.05, 0) is 62.8 Å². The summed E-state index contributed by atoms with van der Waals surface area (Å²) >= 11 is 0. The summed E-state index contributed by atoms with van der Waals surface area (Å²) in [6.07, 6.45) is 6.21. The second-order valence-electron chi connectivity index (χ2n) is 9.20. The van der Waals surface area contributed by atoms with Gasteiger partial charge in [0.1, 0.15) is 0 Å². The molecule has 3 aliphatic rings. The first-order valence-electron chi connectivity index (χ1n) is 11.0.